The maximum Gasteiger partial charge on any atom is -0.147 e. The van der Waals surface area contributed by atoms with Crippen molar-refractivity contribution in [3.63, 3.8) is 0 Å². The number of halogens is 2. The first-order valence-electron chi connectivity index (χ1n) is 6.02. The summed E-state index contributed by atoms with van der Waals surface area (Å²) in [6, 6.07) is 0. The van der Waals surface area contributed by atoms with Crippen LogP contribution in [0.5, 0.6) is 0 Å². The molecule has 113 valence electrons. The molecule has 1 atom stereocenters. The van der Waals surface area contributed by atoms with E-state index < -0.39 is 17.8 Å². The first kappa shape index (κ1) is 22.2. The van der Waals surface area contributed by atoms with E-state index in [4.69, 9.17) is 7.92 Å². The molecule has 7 heteroatoms. The Morgan fingerprint density at radius 3 is 2.05 bits per heavy atom. The van der Waals surface area contributed by atoms with Gasteiger partial charge in [0.25, 0.3) is 0 Å². The van der Waals surface area contributed by atoms with Crippen molar-refractivity contribution >= 4 is 31.7 Å². The Kier molecular flexibility index (Phi) is 8.44. The summed E-state index contributed by atoms with van der Waals surface area (Å²) in [5.41, 5.74) is 3.66. The second kappa shape index (κ2) is 7.24. The van der Waals surface area contributed by atoms with E-state index in [0.717, 1.165) is 8.85 Å². The molecule has 0 fully saturated rings. The van der Waals surface area contributed by atoms with Crippen LogP contribution in [0.2, 0.25) is 4.63 Å². The average Bonchev–Trinajstić information content (AvgIpc) is 2.40. The molecule has 0 amide bonds. The molecule has 0 aromatic rings. The van der Waals surface area contributed by atoms with Gasteiger partial charge in [-0.3, -0.25) is 0 Å². The van der Waals surface area contributed by atoms with Crippen LogP contribution in [0.4, 0.5) is 0 Å². The summed E-state index contributed by atoms with van der Waals surface area (Å²) in [6.45, 7) is 9.90. The van der Waals surface area contributed by atoms with Crippen LogP contribution < -0.4 is 0 Å². The van der Waals surface area contributed by atoms with Crippen molar-refractivity contribution in [3.05, 3.63) is 20.0 Å². The third-order valence-corrected chi connectivity index (χ3v) is 15.0. The number of hydrogen-bond acceptors (Lipinski definition) is 3. The van der Waals surface area contributed by atoms with Gasteiger partial charge >= 0.3 is 107 Å². The third kappa shape index (κ3) is 4.42. The molecule has 3 nitrogen and oxygen atoms in total. The number of allylic oxidation sites excluding steroid dienone is 4. The van der Waals surface area contributed by atoms with Gasteiger partial charge in [-0.25, -0.2) is 0 Å². The number of aliphatic hydroxyl groups is 1. The van der Waals surface area contributed by atoms with Crippen molar-refractivity contribution in [1.29, 1.82) is 0 Å². The Hall–Kier alpha value is 0.880. The Morgan fingerprint density at radius 1 is 1.26 bits per heavy atom. The van der Waals surface area contributed by atoms with E-state index in [1.807, 2.05) is 6.92 Å². The van der Waals surface area contributed by atoms with Crippen LogP contribution in [0.25, 0.3) is 0 Å². The quantitative estimate of drug-likeness (QED) is 0.729. The van der Waals surface area contributed by atoms with Crippen LogP contribution in [0.1, 0.15) is 27.7 Å². The van der Waals surface area contributed by atoms with E-state index in [9.17, 15) is 2.81 Å². The maximum absolute atomic E-state index is 13.2. The van der Waals surface area contributed by atoms with Crippen molar-refractivity contribution in [2.24, 2.45) is 5.92 Å². The second-order valence-corrected chi connectivity index (χ2v) is 25.8. The van der Waals surface area contributed by atoms with Crippen molar-refractivity contribution in [3.8, 4) is 0 Å². The molecule has 1 rings (SSSR count). The molecule has 0 aliphatic heterocycles. The van der Waals surface area contributed by atoms with Crippen LogP contribution in [-0.2, 0) is 23.5 Å². The smallest absolute Gasteiger partial charge is 0.147 e. The molecule has 1 aliphatic carbocycles. The molecular weight excluding hydrogens is 382 g/mol. The summed E-state index contributed by atoms with van der Waals surface area (Å²) in [6.07, 6.45) is 0. The summed E-state index contributed by atoms with van der Waals surface area (Å²) in [4.78, 5) is 0. The van der Waals surface area contributed by atoms with Crippen LogP contribution in [0.15, 0.2) is 20.0 Å². The van der Waals surface area contributed by atoms with Gasteiger partial charge in [0.05, 0.1) is 0 Å². The van der Waals surface area contributed by atoms with Gasteiger partial charge in [0, 0.05) is 0 Å². The van der Waals surface area contributed by atoms with Gasteiger partial charge in [0.2, 0.25) is 0 Å². The monoisotopic (exact) mass is 405 g/mol. The molecular formula is C12H25Cl2O3SiZr. The van der Waals surface area contributed by atoms with E-state index in [1.165, 1.54) is 18.0 Å². The fraction of sp³-hybridized carbons (Fsp3) is 0.667. The summed E-state index contributed by atoms with van der Waals surface area (Å²) in [7, 11) is 0. The topological polar surface area (TPSA) is 46.5 Å². The van der Waals surface area contributed by atoms with Gasteiger partial charge in [-0.2, -0.15) is 0 Å². The largest absolute Gasteiger partial charge is 0.147 e. The fourth-order valence-electron chi connectivity index (χ4n) is 2.77. The molecule has 0 heterocycles. The Bertz CT molecular complexity index is 531. The van der Waals surface area contributed by atoms with Crippen LogP contribution in [-0.4, -0.2) is 25.2 Å². The molecule has 1 unspecified atom stereocenters. The van der Waals surface area contributed by atoms with Gasteiger partial charge < -0.3 is 0 Å². The summed E-state index contributed by atoms with van der Waals surface area (Å²) in [5.74, 6) is 0.208. The standard InChI is InChI=1S/C9H13.C2H5O2.CH3.2ClH.O.H2Si.Zr/c1-6-5-7(2)9(4)8(6)3;3-1-2-4;;;;;;/h6H,1-4H3;3H,1-2H2;1H3;2*1H;;1H2;/q;-1;;;;;;+1. The Morgan fingerprint density at radius 2 is 1.74 bits per heavy atom. The molecule has 0 radical (unpaired) electrons. The molecule has 19 heavy (non-hydrogen) atoms. The minimum absolute atomic E-state index is 0. The first-order valence-corrected chi connectivity index (χ1v) is 17.6. The molecule has 0 bridgehead atoms. The van der Waals surface area contributed by atoms with Gasteiger partial charge in [0.1, 0.15) is 0 Å². The Balaban J connectivity index is 0. The van der Waals surface area contributed by atoms with Crippen molar-refractivity contribution in [2.75, 3.05) is 13.2 Å². The van der Waals surface area contributed by atoms with Gasteiger partial charge in [-0.15, -0.1) is 24.8 Å². The first-order chi connectivity index (χ1) is 7.60. The number of rotatable bonds is 4. The van der Waals surface area contributed by atoms with Crippen molar-refractivity contribution in [1.82, 2.24) is 0 Å². The predicted octanol–water partition coefficient (Wildman–Crippen LogP) is 2.65. The zero-order valence-corrected chi connectivity index (χ0v) is 17.8. The summed E-state index contributed by atoms with van der Waals surface area (Å²) < 4.78 is 21.6. The van der Waals surface area contributed by atoms with E-state index >= 15 is 0 Å². The van der Waals surface area contributed by atoms with Gasteiger partial charge in [-0.05, 0) is 0 Å². The molecule has 0 spiro atoms. The molecule has 0 saturated heterocycles. The SMILES string of the molecule is CC1=C(C)C(C)[C]([Zr]([CH3])(=[O])(=[SiH2])[O]CCO)=C1C.Cl.Cl. The number of aliphatic hydroxyl groups excluding tert-OH is 1. The summed E-state index contributed by atoms with van der Waals surface area (Å²) in [5, 5.41) is 8.87. The van der Waals surface area contributed by atoms with Crippen LogP contribution in [0, 0.1) is 5.92 Å². The van der Waals surface area contributed by atoms with E-state index in [1.54, 1.807) is 4.63 Å². The number of hydrogen-bond donors (Lipinski definition) is 1. The third-order valence-electron chi connectivity index (χ3n) is 3.89. The van der Waals surface area contributed by atoms with E-state index in [2.05, 4.69) is 20.8 Å². The fourth-order valence-corrected chi connectivity index (χ4v) is 14.9. The molecule has 1 aliphatic rings. The van der Waals surface area contributed by atoms with Crippen molar-refractivity contribution in [2.45, 2.75) is 32.3 Å². The summed E-state index contributed by atoms with van der Waals surface area (Å²) >= 11 is -4.48. The van der Waals surface area contributed by atoms with Crippen molar-refractivity contribution < 1.29 is 28.6 Å². The van der Waals surface area contributed by atoms with Crippen LogP contribution in [0.3, 0.4) is 0 Å². The zero-order valence-electron chi connectivity index (χ0n) is 12.3. The molecule has 0 aromatic carbocycles. The average molecular weight is 408 g/mol. The normalized spacial score (nSPS) is 20.3. The minimum atomic E-state index is -4.48. The molecule has 1 N–H and O–H groups in total. The van der Waals surface area contributed by atoms with E-state index in [-0.39, 0.29) is 43.9 Å². The van der Waals surface area contributed by atoms with Gasteiger partial charge in [0.15, 0.2) is 0 Å². The van der Waals surface area contributed by atoms with E-state index in [0.29, 0.717) is 0 Å². The molecule has 0 saturated carbocycles. The minimum Gasteiger partial charge on any atom is -0.147 e. The second-order valence-electron chi connectivity index (χ2n) is 5.41. The maximum atomic E-state index is 13.2. The Labute approximate surface area is 131 Å². The predicted molar refractivity (Wildman–Crippen MR) is 82.9 cm³/mol. The van der Waals surface area contributed by atoms with Crippen LogP contribution >= 0.6 is 24.8 Å². The zero-order chi connectivity index (χ0) is 13.5. The molecule has 0 aromatic heterocycles. The van der Waals surface area contributed by atoms with Gasteiger partial charge in [-0.1, -0.05) is 0 Å².